The van der Waals surface area contributed by atoms with E-state index in [1.165, 1.54) is 11.1 Å². The lowest BCUT2D eigenvalue weighted by Gasteiger charge is -2.32. The first kappa shape index (κ1) is 16.5. The molecule has 1 N–H and O–H groups in total. The maximum absolute atomic E-state index is 12.5. The molecule has 0 aliphatic carbocycles. The van der Waals surface area contributed by atoms with Gasteiger partial charge in [0.1, 0.15) is 5.82 Å². The third-order valence-corrected chi connectivity index (χ3v) is 4.60. The summed E-state index contributed by atoms with van der Waals surface area (Å²) in [4.78, 5) is 21.0. The molecule has 5 heteroatoms. The first-order valence-corrected chi connectivity index (χ1v) is 8.29. The highest BCUT2D eigenvalue weighted by Gasteiger charge is 2.25. The number of pyridine rings is 1. The van der Waals surface area contributed by atoms with Gasteiger partial charge in [-0.25, -0.2) is 4.98 Å². The molecule has 0 fully saturated rings. The number of carbonyl (C=O) groups is 1. The molecule has 24 heavy (non-hydrogen) atoms. The molecule has 0 spiro atoms. The van der Waals surface area contributed by atoms with Crippen LogP contribution in [0.3, 0.4) is 0 Å². The van der Waals surface area contributed by atoms with Crippen molar-refractivity contribution < 1.29 is 4.79 Å². The van der Waals surface area contributed by atoms with Crippen molar-refractivity contribution in [1.29, 1.82) is 0 Å². The molecule has 0 radical (unpaired) electrons. The molecule has 1 aliphatic rings. The molecular formula is C19H24N4O. The van der Waals surface area contributed by atoms with E-state index in [0.717, 1.165) is 25.2 Å². The van der Waals surface area contributed by atoms with Gasteiger partial charge in [-0.15, -0.1) is 0 Å². The lowest BCUT2D eigenvalue weighted by molar-refractivity contribution is -0.121. The molecule has 3 rings (SSSR count). The van der Waals surface area contributed by atoms with Gasteiger partial charge in [0.15, 0.2) is 0 Å². The zero-order valence-corrected chi connectivity index (χ0v) is 14.5. The van der Waals surface area contributed by atoms with Gasteiger partial charge in [0.05, 0.1) is 17.9 Å². The minimum absolute atomic E-state index is 0.0144. The van der Waals surface area contributed by atoms with Crippen molar-refractivity contribution in [3.63, 3.8) is 0 Å². The Morgan fingerprint density at radius 1 is 1.21 bits per heavy atom. The zero-order valence-electron chi connectivity index (χ0n) is 14.5. The molecule has 1 aromatic carbocycles. The fourth-order valence-electron chi connectivity index (χ4n) is 2.97. The van der Waals surface area contributed by atoms with Crippen LogP contribution in [0.25, 0.3) is 0 Å². The quantitative estimate of drug-likeness (QED) is 0.939. The van der Waals surface area contributed by atoms with Crippen molar-refractivity contribution in [1.82, 2.24) is 9.88 Å². The van der Waals surface area contributed by atoms with Gasteiger partial charge in [-0.2, -0.15) is 0 Å². The van der Waals surface area contributed by atoms with Crippen LogP contribution in [0.1, 0.15) is 18.1 Å². The molecule has 1 amide bonds. The smallest absolute Gasteiger partial charge is 0.242 e. The molecule has 2 heterocycles. The van der Waals surface area contributed by atoms with Crippen molar-refractivity contribution in [2.45, 2.75) is 25.9 Å². The summed E-state index contributed by atoms with van der Waals surface area (Å²) in [6.45, 7) is 3.67. The Hall–Kier alpha value is -2.40. The maximum atomic E-state index is 12.5. The highest BCUT2D eigenvalue weighted by molar-refractivity contribution is 5.93. The second-order valence-corrected chi connectivity index (χ2v) is 6.45. The van der Waals surface area contributed by atoms with Crippen LogP contribution in [0, 0.1) is 0 Å². The predicted molar refractivity (Wildman–Crippen MR) is 97.2 cm³/mol. The average molecular weight is 324 g/mol. The molecule has 1 aliphatic heterocycles. The number of hydrogen-bond donors (Lipinski definition) is 1. The first-order chi connectivity index (χ1) is 11.5. The largest absolute Gasteiger partial charge is 0.376 e. The molecule has 1 atom stereocenters. The van der Waals surface area contributed by atoms with E-state index < -0.39 is 0 Å². The second kappa shape index (κ2) is 7.01. The first-order valence-electron chi connectivity index (χ1n) is 8.29. The third kappa shape index (κ3) is 3.57. The van der Waals surface area contributed by atoms with Crippen molar-refractivity contribution in [2.24, 2.45) is 0 Å². The fourth-order valence-corrected chi connectivity index (χ4v) is 2.97. The summed E-state index contributed by atoms with van der Waals surface area (Å²) in [6.07, 6.45) is 2.75. The lowest BCUT2D eigenvalue weighted by atomic mass is 9.99. The number of nitrogens with zero attached hydrogens (tertiary/aromatic N) is 3. The number of aromatic nitrogens is 1. The Morgan fingerprint density at radius 2 is 1.96 bits per heavy atom. The molecule has 0 bridgehead atoms. The van der Waals surface area contributed by atoms with Crippen molar-refractivity contribution in [3.05, 3.63) is 53.7 Å². The van der Waals surface area contributed by atoms with Crippen LogP contribution in [-0.4, -0.2) is 42.5 Å². The topological polar surface area (TPSA) is 48.5 Å². The van der Waals surface area contributed by atoms with Crippen LogP contribution in [-0.2, 0) is 17.8 Å². The van der Waals surface area contributed by atoms with E-state index in [0.29, 0.717) is 5.82 Å². The van der Waals surface area contributed by atoms with E-state index >= 15 is 0 Å². The molecule has 1 unspecified atom stereocenters. The van der Waals surface area contributed by atoms with Gasteiger partial charge in [0, 0.05) is 27.2 Å². The summed E-state index contributed by atoms with van der Waals surface area (Å²) >= 11 is 0. The van der Waals surface area contributed by atoms with Gasteiger partial charge >= 0.3 is 0 Å². The standard InChI is InChI=1S/C19H24N4O/c1-14(23-11-10-15-6-4-5-7-16(15)13-23)19(24)21-18-9-8-17(12-20-18)22(2)3/h4-9,12,14H,10-11,13H2,1-3H3,(H,20,21,24). The molecule has 0 saturated carbocycles. The minimum atomic E-state index is -0.186. The van der Waals surface area contributed by atoms with E-state index in [9.17, 15) is 4.79 Å². The van der Waals surface area contributed by atoms with Crippen LogP contribution in [0.2, 0.25) is 0 Å². The van der Waals surface area contributed by atoms with Crippen molar-refractivity contribution in [2.75, 3.05) is 30.9 Å². The van der Waals surface area contributed by atoms with Gasteiger partial charge in [-0.3, -0.25) is 9.69 Å². The van der Waals surface area contributed by atoms with E-state index in [1.807, 2.05) is 38.1 Å². The summed E-state index contributed by atoms with van der Waals surface area (Å²) in [5, 5.41) is 2.92. The Balaban J connectivity index is 1.63. The summed E-state index contributed by atoms with van der Waals surface area (Å²) in [5.74, 6) is 0.578. The molecule has 1 aromatic heterocycles. The number of carbonyl (C=O) groups excluding carboxylic acids is 1. The summed E-state index contributed by atoms with van der Waals surface area (Å²) < 4.78 is 0. The van der Waals surface area contributed by atoms with Gasteiger partial charge in [0.2, 0.25) is 5.91 Å². The number of rotatable bonds is 4. The highest BCUT2D eigenvalue weighted by atomic mass is 16.2. The zero-order chi connectivity index (χ0) is 17.1. The van der Waals surface area contributed by atoms with Crippen LogP contribution in [0.5, 0.6) is 0 Å². The summed E-state index contributed by atoms with van der Waals surface area (Å²) in [5.41, 5.74) is 3.72. The maximum Gasteiger partial charge on any atom is 0.242 e. The number of amides is 1. The van der Waals surface area contributed by atoms with Gasteiger partial charge < -0.3 is 10.2 Å². The van der Waals surface area contributed by atoms with Gasteiger partial charge in [-0.1, -0.05) is 24.3 Å². The molecule has 126 valence electrons. The molecular weight excluding hydrogens is 300 g/mol. The number of anilines is 2. The molecule has 0 saturated heterocycles. The Morgan fingerprint density at radius 3 is 2.62 bits per heavy atom. The molecule has 2 aromatic rings. The highest BCUT2D eigenvalue weighted by Crippen LogP contribution is 2.21. The number of benzene rings is 1. The van der Waals surface area contributed by atoms with Gasteiger partial charge in [0.25, 0.3) is 0 Å². The average Bonchev–Trinajstić information content (AvgIpc) is 2.61. The Labute approximate surface area is 143 Å². The van der Waals surface area contributed by atoms with Crippen LogP contribution in [0.15, 0.2) is 42.6 Å². The Bertz CT molecular complexity index is 712. The van der Waals surface area contributed by atoms with Crippen LogP contribution >= 0.6 is 0 Å². The van der Waals surface area contributed by atoms with E-state index in [1.54, 1.807) is 6.20 Å². The normalized spacial score (nSPS) is 15.5. The second-order valence-electron chi connectivity index (χ2n) is 6.45. The number of fused-ring (bicyclic) bond motifs is 1. The van der Waals surface area contributed by atoms with Crippen LogP contribution < -0.4 is 10.2 Å². The predicted octanol–water partition coefficient (Wildman–Crippen LogP) is 2.53. The number of nitrogens with one attached hydrogen (secondary N) is 1. The van der Waals surface area contributed by atoms with E-state index in [-0.39, 0.29) is 11.9 Å². The van der Waals surface area contributed by atoms with Gasteiger partial charge in [-0.05, 0) is 36.6 Å². The minimum Gasteiger partial charge on any atom is -0.376 e. The van der Waals surface area contributed by atoms with Crippen molar-refractivity contribution >= 4 is 17.4 Å². The SMILES string of the molecule is CC(C(=O)Nc1ccc(N(C)C)cn1)N1CCc2ccccc2C1. The third-order valence-electron chi connectivity index (χ3n) is 4.60. The lowest BCUT2D eigenvalue weighted by Crippen LogP contribution is -2.44. The fraction of sp³-hybridized carbons (Fsp3) is 0.368. The summed E-state index contributed by atoms with van der Waals surface area (Å²) in [7, 11) is 3.93. The van der Waals surface area contributed by atoms with Crippen LogP contribution in [0.4, 0.5) is 11.5 Å². The Kier molecular flexibility index (Phi) is 4.81. The summed E-state index contributed by atoms with van der Waals surface area (Å²) in [6, 6.07) is 12.1. The monoisotopic (exact) mass is 324 g/mol. The van der Waals surface area contributed by atoms with E-state index in [2.05, 4.69) is 39.5 Å². The number of hydrogen-bond acceptors (Lipinski definition) is 4. The van der Waals surface area contributed by atoms with E-state index in [4.69, 9.17) is 0 Å². The molecule has 5 nitrogen and oxygen atoms in total. The van der Waals surface area contributed by atoms with Crippen molar-refractivity contribution in [3.8, 4) is 0 Å².